The molecule has 26 heavy (non-hydrogen) atoms. The molecule has 1 aromatic carbocycles. The van der Waals surface area contributed by atoms with Gasteiger partial charge < -0.3 is 9.64 Å². The van der Waals surface area contributed by atoms with Gasteiger partial charge in [0.1, 0.15) is 0 Å². The van der Waals surface area contributed by atoms with Crippen LogP contribution in [0.15, 0.2) is 24.3 Å². The molecule has 0 unspecified atom stereocenters. The molecule has 0 bridgehead atoms. The molecule has 0 spiro atoms. The summed E-state index contributed by atoms with van der Waals surface area (Å²) in [5.74, 6) is 0.640. The number of alkyl halides is 3. The third-order valence-electron chi connectivity index (χ3n) is 4.40. The lowest BCUT2D eigenvalue weighted by Gasteiger charge is -2.20. The van der Waals surface area contributed by atoms with Gasteiger partial charge in [-0.15, -0.1) is 5.10 Å². The number of nitrogens with zero attached hydrogens (tertiary/aromatic N) is 5. The molecule has 1 aromatic heterocycles. The highest BCUT2D eigenvalue weighted by molar-refractivity contribution is 5.35. The van der Waals surface area contributed by atoms with Gasteiger partial charge in [0.2, 0.25) is 0 Å². The summed E-state index contributed by atoms with van der Waals surface area (Å²) < 4.78 is 45.1. The highest BCUT2D eigenvalue weighted by Crippen LogP contribution is 2.29. The van der Waals surface area contributed by atoms with Gasteiger partial charge >= 0.3 is 6.18 Å². The van der Waals surface area contributed by atoms with E-state index >= 15 is 0 Å². The fourth-order valence-electron chi connectivity index (χ4n) is 2.98. The summed E-state index contributed by atoms with van der Waals surface area (Å²) >= 11 is 0. The first kappa shape index (κ1) is 18.8. The van der Waals surface area contributed by atoms with Crippen molar-refractivity contribution in [3.8, 4) is 5.69 Å². The zero-order valence-electron chi connectivity index (χ0n) is 14.5. The normalized spacial score (nSPS) is 17.5. The zero-order chi connectivity index (χ0) is 18.4. The van der Waals surface area contributed by atoms with Crippen LogP contribution in [-0.4, -0.2) is 58.0 Å². The topological polar surface area (TPSA) is 56.1 Å². The maximum Gasteiger partial charge on any atom is 0.416 e. The zero-order valence-corrected chi connectivity index (χ0v) is 14.5. The summed E-state index contributed by atoms with van der Waals surface area (Å²) in [6, 6.07) is 4.87. The number of hydrogen-bond acceptors (Lipinski definition) is 5. The summed E-state index contributed by atoms with van der Waals surface area (Å²) in [7, 11) is 0. The number of rotatable bonds is 4. The van der Waals surface area contributed by atoms with Crippen LogP contribution >= 0.6 is 0 Å². The quantitative estimate of drug-likeness (QED) is 0.830. The molecule has 6 nitrogen and oxygen atoms in total. The number of ether oxygens (including phenoxy) is 1. The van der Waals surface area contributed by atoms with Gasteiger partial charge in [-0.2, -0.15) is 17.9 Å². The molecule has 2 aromatic rings. The van der Waals surface area contributed by atoms with Gasteiger partial charge in [-0.25, -0.2) is 0 Å². The van der Waals surface area contributed by atoms with Crippen LogP contribution in [0, 0.1) is 0 Å². The lowest BCUT2D eigenvalue weighted by molar-refractivity contribution is -0.137. The third-order valence-corrected chi connectivity index (χ3v) is 4.40. The summed E-state index contributed by atoms with van der Waals surface area (Å²) in [6.07, 6.45) is -0.585. The molecule has 1 aliphatic rings. The van der Waals surface area contributed by atoms with Crippen molar-refractivity contribution in [2.75, 3.05) is 32.8 Å². The van der Waals surface area contributed by atoms with Crippen molar-refractivity contribution in [2.45, 2.75) is 31.9 Å². The maximum atomic E-state index is 12.7. The average Bonchev–Trinajstić information content (AvgIpc) is 3.12. The van der Waals surface area contributed by atoms with Crippen molar-refractivity contribution >= 4 is 0 Å². The Morgan fingerprint density at radius 1 is 1.00 bits per heavy atom. The number of hydrogen-bond donors (Lipinski definition) is 0. The van der Waals surface area contributed by atoms with Gasteiger partial charge in [-0.05, 0) is 60.5 Å². The summed E-state index contributed by atoms with van der Waals surface area (Å²) in [4.78, 5) is 2.36. The van der Waals surface area contributed by atoms with E-state index in [0.29, 0.717) is 17.9 Å². The van der Waals surface area contributed by atoms with Crippen LogP contribution in [0.4, 0.5) is 13.2 Å². The largest absolute Gasteiger partial charge is 0.416 e. The van der Waals surface area contributed by atoms with E-state index in [4.69, 9.17) is 4.74 Å². The minimum absolute atomic E-state index is 0.524. The molecular formula is C17H22F3N5O. The smallest absolute Gasteiger partial charge is 0.381 e. The van der Waals surface area contributed by atoms with E-state index in [1.54, 1.807) is 0 Å². The molecule has 2 heterocycles. The molecule has 3 rings (SSSR count). The highest BCUT2D eigenvalue weighted by atomic mass is 19.4. The SMILES string of the molecule is FC(F)(F)c1ccc(-n2nnnc2CCN2CCCCOCCC2)cc1. The minimum Gasteiger partial charge on any atom is -0.381 e. The fourth-order valence-corrected chi connectivity index (χ4v) is 2.98. The van der Waals surface area contributed by atoms with E-state index in [1.807, 2.05) is 0 Å². The van der Waals surface area contributed by atoms with Crippen LogP contribution in [0.3, 0.4) is 0 Å². The van der Waals surface area contributed by atoms with E-state index < -0.39 is 11.7 Å². The number of aromatic nitrogens is 4. The van der Waals surface area contributed by atoms with Gasteiger partial charge in [0.15, 0.2) is 5.82 Å². The van der Waals surface area contributed by atoms with Crippen LogP contribution in [0.1, 0.15) is 30.7 Å². The Morgan fingerprint density at radius 2 is 1.73 bits per heavy atom. The fraction of sp³-hybridized carbons (Fsp3) is 0.588. The Labute approximate surface area is 149 Å². The van der Waals surface area contributed by atoms with E-state index in [1.165, 1.54) is 16.8 Å². The van der Waals surface area contributed by atoms with Gasteiger partial charge in [-0.1, -0.05) is 0 Å². The van der Waals surface area contributed by atoms with E-state index in [9.17, 15) is 13.2 Å². The molecular weight excluding hydrogens is 347 g/mol. The van der Waals surface area contributed by atoms with E-state index in [0.717, 1.165) is 64.2 Å². The van der Waals surface area contributed by atoms with E-state index in [-0.39, 0.29) is 0 Å². The van der Waals surface area contributed by atoms with Crippen molar-refractivity contribution in [3.05, 3.63) is 35.7 Å². The predicted octanol–water partition coefficient (Wildman–Crippen LogP) is 2.73. The van der Waals surface area contributed by atoms with Crippen LogP contribution in [0.25, 0.3) is 5.69 Å². The van der Waals surface area contributed by atoms with Crippen LogP contribution in [0.5, 0.6) is 0 Å². The first-order chi connectivity index (χ1) is 12.5. The molecule has 0 N–H and O–H groups in total. The molecule has 142 valence electrons. The summed E-state index contributed by atoms with van der Waals surface area (Å²) in [5.41, 5.74) is -0.161. The monoisotopic (exact) mass is 369 g/mol. The molecule has 0 radical (unpaired) electrons. The number of halogens is 3. The van der Waals surface area contributed by atoms with Gasteiger partial charge in [0.25, 0.3) is 0 Å². The molecule has 1 saturated heterocycles. The second-order valence-corrected chi connectivity index (χ2v) is 6.32. The highest BCUT2D eigenvalue weighted by Gasteiger charge is 2.30. The lowest BCUT2D eigenvalue weighted by atomic mass is 10.2. The van der Waals surface area contributed by atoms with Crippen molar-refractivity contribution in [3.63, 3.8) is 0 Å². The first-order valence-corrected chi connectivity index (χ1v) is 8.79. The second kappa shape index (κ2) is 8.59. The molecule has 1 fully saturated rings. The molecule has 0 saturated carbocycles. The maximum absolute atomic E-state index is 12.7. The Bertz CT molecular complexity index is 676. The average molecular weight is 369 g/mol. The van der Waals surface area contributed by atoms with Crippen molar-refractivity contribution in [1.29, 1.82) is 0 Å². The Hall–Kier alpha value is -2.00. The molecule has 9 heteroatoms. The van der Waals surface area contributed by atoms with Gasteiger partial charge in [0, 0.05) is 32.7 Å². The summed E-state index contributed by atoms with van der Waals surface area (Å²) in [5, 5.41) is 11.6. The van der Waals surface area contributed by atoms with E-state index in [2.05, 4.69) is 20.4 Å². The first-order valence-electron chi connectivity index (χ1n) is 8.79. The van der Waals surface area contributed by atoms with Crippen molar-refractivity contribution in [2.24, 2.45) is 0 Å². The standard InChI is InChI=1S/C17H22F3N5O/c18-17(19,20)14-4-6-15(7-5-14)25-16(21-22-23-25)8-11-24-9-1-2-12-26-13-3-10-24/h4-7H,1-3,8-13H2. The Morgan fingerprint density at radius 3 is 2.50 bits per heavy atom. The molecule has 1 aliphatic heterocycles. The number of tetrazole rings is 1. The number of benzene rings is 1. The lowest BCUT2D eigenvalue weighted by Crippen LogP contribution is -2.29. The van der Waals surface area contributed by atoms with Crippen molar-refractivity contribution in [1.82, 2.24) is 25.1 Å². The minimum atomic E-state index is -4.35. The Balaban J connectivity index is 1.64. The predicted molar refractivity (Wildman–Crippen MR) is 89.0 cm³/mol. The van der Waals surface area contributed by atoms with Gasteiger partial charge in [0.05, 0.1) is 11.3 Å². The second-order valence-electron chi connectivity index (χ2n) is 6.32. The van der Waals surface area contributed by atoms with Crippen LogP contribution in [-0.2, 0) is 17.3 Å². The molecule has 0 atom stereocenters. The third kappa shape index (κ3) is 5.01. The van der Waals surface area contributed by atoms with Crippen LogP contribution < -0.4 is 0 Å². The van der Waals surface area contributed by atoms with Crippen LogP contribution in [0.2, 0.25) is 0 Å². The Kier molecular flexibility index (Phi) is 6.20. The summed E-state index contributed by atoms with van der Waals surface area (Å²) in [6.45, 7) is 4.37. The van der Waals surface area contributed by atoms with Gasteiger partial charge in [-0.3, -0.25) is 0 Å². The molecule has 0 aliphatic carbocycles. The van der Waals surface area contributed by atoms with Crippen molar-refractivity contribution < 1.29 is 17.9 Å². The molecule has 0 amide bonds.